The summed E-state index contributed by atoms with van der Waals surface area (Å²) >= 11 is 0. The van der Waals surface area contributed by atoms with Gasteiger partial charge >= 0.3 is 12.2 Å². The number of halogens is 4. The van der Waals surface area contributed by atoms with Crippen LogP contribution in [0.25, 0.3) is 11.6 Å². The first-order chi connectivity index (χ1) is 18.1. The quantitative estimate of drug-likeness (QED) is 0.224. The molecule has 38 heavy (non-hydrogen) atoms. The molecular weight excluding hydrogens is 506 g/mol. The van der Waals surface area contributed by atoms with Crippen molar-refractivity contribution >= 4 is 29.1 Å². The average molecular weight is 529 g/mol. The summed E-state index contributed by atoms with van der Waals surface area (Å²) in [6, 6.07) is 0.860. The standard InChI is InChI=1S/C22H20F4N6O.C3H3NO/c1-3-5-15(6-4-7-16-13(2)11-32-19(16)20(27)28-12-29-32)30-21(33)31-18-10-14(22(24,25)26)8-9-17(18)23;1-2-5-3-4-1/h3-12H,1-2H3,(H2,27,28,29)(H2,30,31,33);1-3H/b5-3-,7-4+,15-6+;. The van der Waals surface area contributed by atoms with E-state index in [0.717, 1.165) is 11.1 Å². The minimum Gasteiger partial charge on any atom is -0.452 e. The van der Waals surface area contributed by atoms with Crippen LogP contribution in [0.2, 0.25) is 0 Å². The Balaban J connectivity index is 0.000000715. The van der Waals surface area contributed by atoms with Crippen molar-refractivity contribution in [1.82, 2.24) is 24.9 Å². The van der Waals surface area contributed by atoms with E-state index in [1.165, 1.54) is 19.0 Å². The maximum Gasteiger partial charge on any atom is 0.416 e. The fourth-order valence-corrected chi connectivity index (χ4v) is 3.21. The topological polar surface area (TPSA) is 123 Å². The lowest BCUT2D eigenvalue weighted by Crippen LogP contribution is -2.28. The van der Waals surface area contributed by atoms with Crippen LogP contribution >= 0.6 is 0 Å². The molecule has 0 bridgehead atoms. The van der Waals surface area contributed by atoms with Gasteiger partial charge in [0.1, 0.15) is 23.9 Å². The maximum absolute atomic E-state index is 13.9. The van der Waals surface area contributed by atoms with Crippen molar-refractivity contribution in [3.8, 4) is 0 Å². The molecule has 4 aromatic rings. The highest BCUT2D eigenvalue weighted by molar-refractivity contribution is 5.91. The van der Waals surface area contributed by atoms with E-state index in [9.17, 15) is 22.4 Å². The molecule has 0 aliphatic carbocycles. The first kappa shape index (κ1) is 27.6. The second kappa shape index (κ2) is 12.3. The SMILES string of the molecule is C\C=C/C(=C\C=C\c1c(C)cn2ncnc(N)c12)NC(=O)Nc1cc(C(F)(F)F)ccc1F.c1cocn1. The van der Waals surface area contributed by atoms with Gasteiger partial charge in [0.25, 0.3) is 0 Å². The summed E-state index contributed by atoms with van der Waals surface area (Å²) < 4.78 is 58.5. The van der Waals surface area contributed by atoms with E-state index < -0.39 is 29.3 Å². The zero-order chi connectivity index (χ0) is 27.7. The number of nitrogen functional groups attached to an aromatic ring is 1. The van der Waals surface area contributed by atoms with Crippen LogP contribution in [-0.2, 0) is 6.18 Å². The number of urea groups is 1. The van der Waals surface area contributed by atoms with E-state index in [2.05, 4.69) is 30.1 Å². The van der Waals surface area contributed by atoms with Gasteiger partial charge in [-0.15, -0.1) is 0 Å². The van der Waals surface area contributed by atoms with Crippen LogP contribution < -0.4 is 16.4 Å². The van der Waals surface area contributed by atoms with Gasteiger partial charge in [0, 0.05) is 17.5 Å². The second-order valence-corrected chi connectivity index (χ2v) is 7.59. The lowest BCUT2D eigenvalue weighted by molar-refractivity contribution is -0.137. The first-order valence-corrected chi connectivity index (χ1v) is 11.0. The van der Waals surface area contributed by atoms with E-state index in [1.54, 1.807) is 54.2 Å². The van der Waals surface area contributed by atoms with Crippen molar-refractivity contribution in [3.05, 3.63) is 102 Å². The van der Waals surface area contributed by atoms with Crippen LogP contribution in [0.4, 0.5) is 33.9 Å². The molecule has 0 saturated carbocycles. The minimum atomic E-state index is -4.67. The highest BCUT2D eigenvalue weighted by Crippen LogP contribution is 2.31. The molecule has 3 heterocycles. The zero-order valence-electron chi connectivity index (χ0n) is 20.2. The predicted molar refractivity (Wildman–Crippen MR) is 134 cm³/mol. The number of nitrogens with two attached hydrogens (primary N) is 1. The van der Waals surface area contributed by atoms with Crippen LogP contribution in [0.3, 0.4) is 0 Å². The van der Waals surface area contributed by atoms with E-state index in [4.69, 9.17) is 5.73 Å². The number of oxazole rings is 1. The number of carbonyl (C=O) groups is 1. The number of fused-ring (bicyclic) bond motifs is 1. The molecule has 0 spiro atoms. The molecule has 0 atom stereocenters. The van der Waals surface area contributed by atoms with Crippen LogP contribution in [0.5, 0.6) is 0 Å². The molecule has 1 aromatic carbocycles. The molecule has 0 unspecified atom stereocenters. The Hall–Kier alpha value is -4.94. The fourth-order valence-electron chi connectivity index (χ4n) is 3.21. The van der Waals surface area contributed by atoms with Crippen LogP contribution in [0.15, 0.2) is 84.0 Å². The number of carbonyl (C=O) groups excluding carboxylic acids is 1. The number of allylic oxidation sites excluding steroid dienone is 4. The molecule has 9 nitrogen and oxygen atoms in total. The third-order valence-corrected chi connectivity index (χ3v) is 4.87. The normalized spacial score (nSPS) is 12.1. The number of nitrogens with one attached hydrogen (secondary N) is 2. The van der Waals surface area contributed by atoms with Crippen molar-refractivity contribution in [2.75, 3.05) is 11.1 Å². The molecule has 0 aliphatic heterocycles. The van der Waals surface area contributed by atoms with Crippen LogP contribution in [0, 0.1) is 12.7 Å². The Kier molecular flexibility index (Phi) is 8.98. The summed E-state index contributed by atoms with van der Waals surface area (Å²) in [5.41, 5.74) is 6.87. The average Bonchev–Trinajstić information content (AvgIpc) is 3.53. The molecule has 0 saturated heterocycles. The van der Waals surface area contributed by atoms with Gasteiger partial charge in [-0.25, -0.2) is 23.7 Å². The van der Waals surface area contributed by atoms with Crippen molar-refractivity contribution in [2.24, 2.45) is 0 Å². The van der Waals surface area contributed by atoms with E-state index in [-0.39, 0.29) is 0 Å². The Labute approximate surface area is 214 Å². The van der Waals surface area contributed by atoms with Gasteiger partial charge in [-0.2, -0.15) is 18.3 Å². The van der Waals surface area contributed by atoms with Crippen LogP contribution in [0.1, 0.15) is 23.6 Å². The van der Waals surface area contributed by atoms with Crippen molar-refractivity contribution in [1.29, 1.82) is 0 Å². The number of hydrogen-bond acceptors (Lipinski definition) is 6. The summed E-state index contributed by atoms with van der Waals surface area (Å²) in [6.07, 6.45) is 11.1. The Bertz CT molecular complexity index is 1460. The number of nitrogens with zero attached hydrogens (tertiary/aromatic N) is 4. The number of aryl methyl sites for hydroxylation is 1. The number of hydrogen-bond donors (Lipinski definition) is 3. The van der Waals surface area contributed by atoms with Gasteiger partial charge in [-0.1, -0.05) is 18.2 Å². The third kappa shape index (κ3) is 7.29. The van der Waals surface area contributed by atoms with Gasteiger partial charge in [-0.3, -0.25) is 0 Å². The lowest BCUT2D eigenvalue weighted by Gasteiger charge is -2.12. The first-order valence-electron chi connectivity index (χ1n) is 11.0. The Morgan fingerprint density at radius 2 is 2.05 bits per heavy atom. The molecule has 4 N–H and O–H groups in total. The van der Waals surface area contributed by atoms with Crippen LogP contribution in [-0.4, -0.2) is 25.6 Å². The van der Waals surface area contributed by atoms with Gasteiger partial charge in [0.2, 0.25) is 0 Å². The highest BCUT2D eigenvalue weighted by atomic mass is 19.4. The van der Waals surface area contributed by atoms with Crippen molar-refractivity contribution in [3.63, 3.8) is 0 Å². The predicted octanol–water partition coefficient (Wildman–Crippen LogP) is 5.75. The molecule has 2 amide bonds. The molecule has 0 radical (unpaired) electrons. The van der Waals surface area contributed by atoms with Crippen molar-refractivity contribution in [2.45, 2.75) is 20.0 Å². The second-order valence-electron chi connectivity index (χ2n) is 7.59. The largest absolute Gasteiger partial charge is 0.452 e. The molecule has 3 aromatic heterocycles. The smallest absolute Gasteiger partial charge is 0.416 e. The van der Waals surface area contributed by atoms with E-state index in [1.807, 2.05) is 6.92 Å². The minimum absolute atomic E-state index is 0.302. The van der Waals surface area contributed by atoms with Gasteiger partial charge < -0.3 is 20.8 Å². The number of amides is 2. The summed E-state index contributed by atoms with van der Waals surface area (Å²) in [4.78, 5) is 19.8. The van der Waals surface area contributed by atoms with Crippen molar-refractivity contribution < 1.29 is 26.8 Å². The van der Waals surface area contributed by atoms with E-state index in [0.29, 0.717) is 35.2 Å². The molecule has 0 fully saturated rings. The van der Waals surface area contributed by atoms with Gasteiger partial charge in [0.15, 0.2) is 12.2 Å². The van der Waals surface area contributed by atoms with Gasteiger partial charge in [-0.05, 0) is 49.8 Å². The lowest BCUT2D eigenvalue weighted by atomic mass is 10.1. The van der Waals surface area contributed by atoms with Gasteiger partial charge in [0.05, 0.1) is 17.4 Å². The maximum atomic E-state index is 13.9. The fraction of sp³-hybridized carbons (Fsp3) is 0.120. The summed E-state index contributed by atoms with van der Waals surface area (Å²) in [6.45, 7) is 3.59. The Morgan fingerprint density at radius 1 is 1.26 bits per heavy atom. The molecule has 4 rings (SSSR count). The summed E-state index contributed by atoms with van der Waals surface area (Å²) in [5.74, 6) is -0.693. The highest BCUT2D eigenvalue weighted by Gasteiger charge is 2.31. The number of rotatable bonds is 5. The Morgan fingerprint density at radius 3 is 2.68 bits per heavy atom. The number of aromatic nitrogens is 4. The van der Waals surface area contributed by atoms with E-state index >= 15 is 0 Å². The number of anilines is 2. The molecular formula is C25H23F4N7O2. The number of benzene rings is 1. The zero-order valence-corrected chi connectivity index (χ0v) is 20.2. The third-order valence-electron chi connectivity index (χ3n) is 4.87. The molecule has 0 aliphatic rings. The molecule has 13 heteroatoms. The summed E-state index contributed by atoms with van der Waals surface area (Å²) in [7, 11) is 0. The molecule has 198 valence electrons. The summed E-state index contributed by atoms with van der Waals surface area (Å²) in [5, 5.41) is 8.66. The monoisotopic (exact) mass is 529 g/mol. The number of alkyl halides is 3.